The lowest BCUT2D eigenvalue weighted by atomic mass is 9.98. The second-order valence-corrected chi connectivity index (χ2v) is 4.35. The van der Waals surface area contributed by atoms with Crippen LogP contribution in [0, 0.1) is 0 Å². The van der Waals surface area contributed by atoms with E-state index in [1.165, 1.54) is 0 Å². The summed E-state index contributed by atoms with van der Waals surface area (Å²) in [6.07, 6.45) is 2.21. The molecule has 0 N–H and O–H groups in total. The van der Waals surface area contributed by atoms with Crippen LogP contribution in [0.3, 0.4) is 0 Å². The molecule has 0 spiro atoms. The van der Waals surface area contributed by atoms with Crippen LogP contribution in [0.15, 0.2) is 25.3 Å². The van der Waals surface area contributed by atoms with Crippen molar-refractivity contribution in [1.82, 2.24) is 0 Å². The second kappa shape index (κ2) is 7.43. The molecule has 0 radical (unpaired) electrons. The third-order valence-corrected chi connectivity index (χ3v) is 2.93. The lowest BCUT2D eigenvalue weighted by Crippen LogP contribution is -2.48. The average Bonchev–Trinajstić information content (AvgIpc) is 2.64. The van der Waals surface area contributed by atoms with E-state index < -0.39 is 23.8 Å². The molecule has 19 heavy (non-hydrogen) atoms. The third-order valence-electron chi connectivity index (χ3n) is 2.93. The molecule has 1 saturated heterocycles. The van der Waals surface area contributed by atoms with E-state index >= 15 is 0 Å². The molecule has 0 aliphatic carbocycles. The van der Waals surface area contributed by atoms with Gasteiger partial charge in [0.1, 0.15) is 6.10 Å². The van der Waals surface area contributed by atoms with Crippen LogP contribution in [0.25, 0.3) is 0 Å². The number of carbonyl (C=O) groups excluding carboxylic acids is 1. The van der Waals surface area contributed by atoms with Gasteiger partial charge in [-0.15, -0.1) is 13.2 Å². The number of ether oxygens (including phenoxy) is 4. The van der Waals surface area contributed by atoms with Gasteiger partial charge in [-0.2, -0.15) is 0 Å². The van der Waals surface area contributed by atoms with E-state index in [9.17, 15) is 4.79 Å². The van der Waals surface area contributed by atoms with Crippen molar-refractivity contribution in [1.29, 1.82) is 0 Å². The molecule has 0 aromatic carbocycles. The number of esters is 1. The minimum atomic E-state index is -1.14. The maximum Gasteiger partial charge on any atom is 0.341 e. The van der Waals surface area contributed by atoms with E-state index in [-0.39, 0.29) is 13.2 Å². The number of rotatable bonds is 9. The Kier molecular flexibility index (Phi) is 6.21. The molecule has 0 saturated carbocycles. The number of hydrogen-bond acceptors (Lipinski definition) is 5. The highest BCUT2D eigenvalue weighted by Gasteiger charge is 2.56. The van der Waals surface area contributed by atoms with E-state index in [0.717, 1.165) is 0 Å². The first-order chi connectivity index (χ1) is 9.10. The Hall–Kier alpha value is -1.17. The molecular weight excluding hydrogens is 248 g/mol. The van der Waals surface area contributed by atoms with Crippen molar-refractivity contribution >= 4 is 5.97 Å². The highest BCUT2D eigenvalue weighted by molar-refractivity contribution is 5.82. The predicted molar refractivity (Wildman–Crippen MR) is 70.9 cm³/mol. The SMILES string of the molecule is C=CCO[C@@H]1[C@@H](COCC)OC(=O)[C@]1(C)OCC=C. The van der Waals surface area contributed by atoms with Gasteiger partial charge in [0.25, 0.3) is 0 Å². The van der Waals surface area contributed by atoms with Gasteiger partial charge in [0.15, 0.2) is 11.7 Å². The van der Waals surface area contributed by atoms with Crippen molar-refractivity contribution in [2.45, 2.75) is 31.7 Å². The largest absolute Gasteiger partial charge is 0.455 e. The lowest BCUT2D eigenvalue weighted by Gasteiger charge is -2.28. The zero-order valence-electron chi connectivity index (χ0n) is 11.6. The van der Waals surface area contributed by atoms with Gasteiger partial charge in [-0.3, -0.25) is 0 Å². The van der Waals surface area contributed by atoms with E-state index in [2.05, 4.69) is 13.2 Å². The van der Waals surface area contributed by atoms with Crippen molar-refractivity contribution in [3.05, 3.63) is 25.3 Å². The van der Waals surface area contributed by atoms with E-state index in [1.807, 2.05) is 6.92 Å². The molecule has 1 rings (SSSR count). The molecule has 5 nitrogen and oxygen atoms in total. The predicted octanol–water partition coefficient (Wildman–Crippen LogP) is 1.48. The van der Waals surface area contributed by atoms with Crippen molar-refractivity contribution in [2.75, 3.05) is 26.4 Å². The monoisotopic (exact) mass is 270 g/mol. The van der Waals surface area contributed by atoms with Gasteiger partial charge in [-0.25, -0.2) is 4.79 Å². The molecule has 1 aliphatic heterocycles. The summed E-state index contributed by atoms with van der Waals surface area (Å²) in [6, 6.07) is 0. The summed E-state index contributed by atoms with van der Waals surface area (Å²) in [4.78, 5) is 12.0. The molecule has 0 unspecified atom stereocenters. The fourth-order valence-electron chi connectivity index (χ4n) is 1.95. The van der Waals surface area contributed by atoms with Crippen molar-refractivity contribution in [3.63, 3.8) is 0 Å². The number of hydrogen-bond donors (Lipinski definition) is 0. The Balaban J connectivity index is 2.82. The van der Waals surface area contributed by atoms with Gasteiger partial charge < -0.3 is 18.9 Å². The molecule has 0 aromatic rings. The maximum absolute atomic E-state index is 12.0. The van der Waals surface area contributed by atoms with E-state index in [1.54, 1.807) is 19.1 Å². The van der Waals surface area contributed by atoms with Crippen LogP contribution < -0.4 is 0 Å². The van der Waals surface area contributed by atoms with Crippen molar-refractivity contribution < 1.29 is 23.7 Å². The van der Waals surface area contributed by atoms with E-state index in [0.29, 0.717) is 13.2 Å². The number of cyclic esters (lactones) is 1. The molecule has 0 aromatic heterocycles. The molecule has 5 heteroatoms. The summed E-state index contributed by atoms with van der Waals surface area (Å²) in [5, 5.41) is 0. The lowest BCUT2D eigenvalue weighted by molar-refractivity contribution is -0.161. The van der Waals surface area contributed by atoms with Gasteiger partial charge in [0.05, 0.1) is 19.8 Å². The zero-order valence-corrected chi connectivity index (χ0v) is 11.6. The molecule has 1 fully saturated rings. The molecule has 0 bridgehead atoms. The van der Waals surface area contributed by atoms with Crippen molar-refractivity contribution in [2.24, 2.45) is 0 Å². The Morgan fingerprint density at radius 1 is 1.37 bits per heavy atom. The zero-order chi connectivity index (χ0) is 14.3. The van der Waals surface area contributed by atoms with Crippen LogP contribution in [0.1, 0.15) is 13.8 Å². The fraction of sp³-hybridized carbons (Fsp3) is 0.643. The highest BCUT2D eigenvalue weighted by Crippen LogP contribution is 2.32. The van der Waals surface area contributed by atoms with E-state index in [4.69, 9.17) is 18.9 Å². The quantitative estimate of drug-likeness (QED) is 0.469. The normalized spacial score (nSPS) is 30.1. The van der Waals surface area contributed by atoms with Crippen molar-refractivity contribution in [3.8, 4) is 0 Å². The first-order valence-electron chi connectivity index (χ1n) is 6.36. The van der Waals surface area contributed by atoms with Gasteiger partial charge >= 0.3 is 5.97 Å². The summed E-state index contributed by atoms with van der Waals surface area (Å²) in [5.41, 5.74) is -1.14. The Morgan fingerprint density at radius 2 is 2.05 bits per heavy atom. The van der Waals surface area contributed by atoms with Gasteiger partial charge in [0, 0.05) is 6.61 Å². The first-order valence-corrected chi connectivity index (χ1v) is 6.36. The minimum absolute atomic E-state index is 0.251. The standard InChI is InChI=1S/C14H22O5/c1-5-8-17-12-11(10-16-7-3)19-13(15)14(12,4)18-9-6-2/h5-6,11-12H,1-2,7-10H2,3-4H3/t11-,12-,14-/m1/s1. The minimum Gasteiger partial charge on any atom is -0.455 e. The summed E-state index contributed by atoms with van der Waals surface area (Å²) in [7, 11) is 0. The Bertz CT molecular complexity index is 328. The number of carbonyl (C=O) groups is 1. The Labute approximate surface area is 114 Å². The molecule has 0 amide bonds. The molecule has 3 atom stereocenters. The first kappa shape index (κ1) is 15.9. The molecular formula is C14H22O5. The molecule has 1 aliphatic rings. The van der Waals surface area contributed by atoms with Gasteiger partial charge in [-0.1, -0.05) is 12.2 Å². The van der Waals surface area contributed by atoms with Crippen LogP contribution in [-0.2, 0) is 23.7 Å². The summed E-state index contributed by atoms with van der Waals surface area (Å²) in [5.74, 6) is -0.437. The van der Waals surface area contributed by atoms with Crippen LogP contribution in [0.4, 0.5) is 0 Å². The van der Waals surface area contributed by atoms with Gasteiger partial charge in [-0.05, 0) is 13.8 Å². The smallest absolute Gasteiger partial charge is 0.341 e. The topological polar surface area (TPSA) is 54.0 Å². The van der Waals surface area contributed by atoms with Crippen LogP contribution >= 0.6 is 0 Å². The highest BCUT2D eigenvalue weighted by atomic mass is 16.6. The summed E-state index contributed by atoms with van der Waals surface area (Å²) >= 11 is 0. The van der Waals surface area contributed by atoms with Crippen LogP contribution in [0.2, 0.25) is 0 Å². The Morgan fingerprint density at radius 3 is 2.63 bits per heavy atom. The maximum atomic E-state index is 12.0. The second-order valence-electron chi connectivity index (χ2n) is 4.35. The van der Waals surface area contributed by atoms with Crippen LogP contribution in [-0.4, -0.2) is 50.2 Å². The molecule has 108 valence electrons. The summed E-state index contributed by atoms with van der Waals surface area (Å²) < 4.78 is 21.8. The third kappa shape index (κ3) is 3.65. The molecule has 1 heterocycles. The fourth-order valence-corrected chi connectivity index (χ4v) is 1.95. The summed E-state index contributed by atoms with van der Waals surface area (Å²) in [6.45, 7) is 12.1. The van der Waals surface area contributed by atoms with Gasteiger partial charge in [0.2, 0.25) is 0 Å². The van der Waals surface area contributed by atoms with Crippen LogP contribution in [0.5, 0.6) is 0 Å². The average molecular weight is 270 g/mol.